The standard InChI is InChI=1S/C18H21ClN2O5S2/c1-26-18-10-9-16(28(24,25)21-11-3-2-4-12-21)13-17(18)20-27(22,23)15-7-5-14(19)6-8-15/h5-10,13,20H,2-4,11-12H2,1H3. The van der Waals surface area contributed by atoms with Crippen LogP contribution < -0.4 is 9.46 Å². The summed E-state index contributed by atoms with van der Waals surface area (Å²) in [6, 6.07) is 9.81. The molecule has 7 nitrogen and oxygen atoms in total. The van der Waals surface area contributed by atoms with Crippen molar-refractivity contribution in [3.8, 4) is 5.75 Å². The zero-order valence-corrected chi connectivity index (χ0v) is 17.6. The van der Waals surface area contributed by atoms with Gasteiger partial charge in [0.05, 0.1) is 22.6 Å². The quantitative estimate of drug-likeness (QED) is 0.737. The largest absolute Gasteiger partial charge is 0.495 e. The molecule has 0 saturated carbocycles. The van der Waals surface area contributed by atoms with Gasteiger partial charge in [0.1, 0.15) is 5.75 Å². The molecule has 152 valence electrons. The fourth-order valence-corrected chi connectivity index (χ4v) is 5.73. The van der Waals surface area contributed by atoms with E-state index in [1.165, 1.54) is 53.9 Å². The molecule has 1 saturated heterocycles. The SMILES string of the molecule is COc1ccc(S(=O)(=O)N2CCCCC2)cc1NS(=O)(=O)c1ccc(Cl)cc1. The van der Waals surface area contributed by atoms with Crippen LogP contribution in [-0.2, 0) is 20.0 Å². The van der Waals surface area contributed by atoms with Crippen molar-refractivity contribution in [2.24, 2.45) is 0 Å². The molecule has 1 aliphatic rings. The van der Waals surface area contributed by atoms with E-state index in [9.17, 15) is 16.8 Å². The van der Waals surface area contributed by atoms with Crippen LogP contribution in [0.2, 0.25) is 5.02 Å². The van der Waals surface area contributed by atoms with Gasteiger partial charge in [-0.3, -0.25) is 4.72 Å². The van der Waals surface area contributed by atoms with Gasteiger partial charge in [0.15, 0.2) is 0 Å². The van der Waals surface area contributed by atoms with E-state index < -0.39 is 20.0 Å². The van der Waals surface area contributed by atoms with Gasteiger partial charge in [0.2, 0.25) is 10.0 Å². The summed E-state index contributed by atoms with van der Waals surface area (Å²) in [5.41, 5.74) is 0.0514. The van der Waals surface area contributed by atoms with Gasteiger partial charge in [-0.05, 0) is 55.3 Å². The number of methoxy groups -OCH3 is 1. The van der Waals surface area contributed by atoms with Crippen LogP contribution in [0.1, 0.15) is 19.3 Å². The molecule has 0 aromatic heterocycles. The van der Waals surface area contributed by atoms with Crippen LogP contribution in [0.3, 0.4) is 0 Å². The van der Waals surface area contributed by atoms with Crippen molar-refractivity contribution < 1.29 is 21.6 Å². The van der Waals surface area contributed by atoms with Crippen molar-refractivity contribution in [3.63, 3.8) is 0 Å². The highest BCUT2D eigenvalue weighted by Crippen LogP contribution is 2.31. The maximum Gasteiger partial charge on any atom is 0.262 e. The molecule has 0 amide bonds. The van der Waals surface area contributed by atoms with E-state index in [0.29, 0.717) is 18.1 Å². The number of rotatable bonds is 6. The average molecular weight is 445 g/mol. The second kappa shape index (κ2) is 8.28. The third-order valence-electron chi connectivity index (χ3n) is 4.49. The highest BCUT2D eigenvalue weighted by Gasteiger charge is 2.27. The first-order valence-corrected chi connectivity index (χ1v) is 12.0. The highest BCUT2D eigenvalue weighted by molar-refractivity contribution is 7.92. The molecule has 1 aliphatic heterocycles. The minimum atomic E-state index is -3.95. The van der Waals surface area contributed by atoms with Crippen LogP contribution in [0.15, 0.2) is 52.3 Å². The van der Waals surface area contributed by atoms with Crippen LogP contribution in [0, 0.1) is 0 Å². The van der Waals surface area contributed by atoms with Crippen LogP contribution in [0.25, 0.3) is 0 Å². The van der Waals surface area contributed by atoms with Crippen molar-refractivity contribution in [2.45, 2.75) is 29.1 Å². The number of halogens is 1. The second-order valence-corrected chi connectivity index (χ2v) is 10.4. The summed E-state index contributed by atoms with van der Waals surface area (Å²) in [5, 5.41) is 0.408. The second-order valence-electron chi connectivity index (χ2n) is 6.39. The molecule has 1 fully saturated rings. The van der Waals surface area contributed by atoms with Crippen molar-refractivity contribution in [2.75, 3.05) is 24.9 Å². The molecule has 3 rings (SSSR count). The Morgan fingerprint density at radius 3 is 2.14 bits per heavy atom. The highest BCUT2D eigenvalue weighted by atomic mass is 35.5. The molecule has 1 N–H and O–H groups in total. The van der Waals surface area contributed by atoms with Gasteiger partial charge in [0.25, 0.3) is 10.0 Å². The third kappa shape index (κ3) is 4.43. The maximum atomic E-state index is 12.9. The number of nitrogens with one attached hydrogen (secondary N) is 1. The molecule has 2 aromatic carbocycles. The Hall–Kier alpha value is -1.81. The first kappa shape index (κ1) is 20.9. The monoisotopic (exact) mass is 444 g/mol. The Labute approximate surface area is 170 Å². The fraction of sp³-hybridized carbons (Fsp3) is 0.333. The van der Waals surface area contributed by atoms with E-state index >= 15 is 0 Å². The Kier molecular flexibility index (Phi) is 6.18. The number of nitrogens with zero attached hydrogens (tertiary/aromatic N) is 1. The topological polar surface area (TPSA) is 92.8 Å². The first-order valence-electron chi connectivity index (χ1n) is 8.70. The Morgan fingerprint density at radius 1 is 0.929 bits per heavy atom. The molecule has 0 unspecified atom stereocenters. The van der Waals surface area contributed by atoms with Crippen LogP contribution in [0.4, 0.5) is 5.69 Å². The van der Waals surface area contributed by atoms with E-state index in [1.807, 2.05) is 0 Å². The molecule has 0 atom stereocenters. The average Bonchev–Trinajstić information content (AvgIpc) is 2.68. The molecule has 0 radical (unpaired) electrons. The number of benzene rings is 2. The number of hydrogen-bond acceptors (Lipinski definition) is 5. The summed E-state index contributed by atoms with van der Waals surface area (Å²) in [7, 11) is -6.27. The predicted octanol–water partition coefficient (Wildman–Crippen LogP) is 3.32. The molecule has 0 aliphatic carbocycles. The smallest absolute Gasteiger partial charge is 0.262 e. The number of piperidine rings is 1. The molecule has 1 heterocycles. The number of anilines is 1. The van der Waals surface area contributed by atoms with Crippen LogP contribution in [0.5, 0.6) is 5.75 Å². The lowest BCUT2D eigenvalue weighted by Gasteiger charge is -2.26. The molecule has 10 heteroatoms. The van der Waals surface area contributed by atoms with Crippen molar-refractivity contribution in [1.29, 1.82) is 0 Å². The predicted molar refractivity (Wildman–Crippen MR) is 108 cm³/mol. The lowest BCUT2D eigenvalue weighted by Crippen LogP contribution is -2.35. The molecule has 2 aromatic rings. The minimum Gasteiger partial charge on any atom is -0.495 e. The van der Waals surface area contributed by atoms with Crippen molar-refractivity contribution in [3.05, 3.63) is 47.5 Å². The van der Waals surface area contributed by atoms with Crippen molar-refractivity contribution >= 4 is 37.3 Å². The first-order chi connectivity index (χ1) is 13.2. The third-order valence-corrected chi connectivity index (χ3v) is 8.02. The van der Waals surface area contributed by atoms with Crippen LogP contribution in [-0.4, -0.2) is 41.3 Å². The van der Waals surface area contributed by atoms with Gasteiger partial charge < -0.3 is 4.74 Å². The summed E-state index contributed by atoms with van der Waals surface area (Å²) < 4.78 is 60.2. The van der Waals surface area contributed by atoms with E-state index in [1.54, 1.807) is 0 Å². The zero-order valence-electron chi connectivity index (χ0n) is 15.3. The number of sulfonamides is 2. The summed E-state index contributed by atoms with van der Waals surface area (Å²) >= 11 is 5.81. The van der Waals surface area contributed by atoms with E-state index in [4.69, 9.17) is 16.3 Å². The molecular weight excluding hydrogens is 424 g/mol. The minimum absolute atomic E-state index is 0.00300. The lowest BCUT2D eigenvalue weighted by molar-refractivity contribution is 0.346. The molecule has 28 heavy (non-hydrogen) atoms. The summed E-state index contributed by atoms with van der Waals surface area (Å²) in [4.78, 5) is 0.0206. The van der Waals surface area contributed by atoms with Gasteiger partial charge >= 0.3 is 0 Å². The van der Waals surface area contributed by atoms with E-state index in [-0.39, 0.29) is 21.2 Å². The molecule has 0 spiro atoms. The molecule has 0 bridgehead atoms. The number of hydrogen-bond donors (Lipinski definition) is 1. The van der Waals surface area contributed by atoms with E-state index in [0.717, 1.165) is 19.3 Å². The van der Waals surface area contributed by atoms with E-state index in [2.05, 4.69) is 4.72 Å². The normalized spacial score (nSPS) is 15.9. The Balaban J connectivity index is 1.96. The fourth-order valence-electron chi connectivity index (χ4n) is 3.00. The summed E-state index contributed by atoms with van der Waals surface area (Å²) in [5.74, 6) is 0.218. The van der Waals surface area contributed by atoms with Gasteiger partial charge in [0, 0.05) is 18.1 Å². The van der Waals surface area contributed by atoms with Gasteiger partial charge in [-0.1, -0.05) is 18.0 Å². The Bertz CT molecular complexity index is 1050. The summed E-state index contributed by atoms with van der Waals surface area (Å²) in [6.07, 6.45) is 2.62. The van der Waals surface area contributed by atoms with Gasteiger partial charge in [-0.25, -0.2) is 16.8 Å². The zero-order chi connectivity index (χ0) is 20.4. The molecular formula is C18H21ClN2O5S2. The van der Waals surface area contributed by atoms with Crippen molar-refractivity contribution in [1.82, 2.24) is 4.31 Å². The number of ether oxygens (including phenoxy) is 1. The van der Waals surface area contributed by atoms with Gasteiger partial charge in [-0.15, -0.1) is 0 Å². The van der Waals surface area contributed by atoms with Gasteiger partial charge in [-0.2, -0.15) is 4.31 Å². The Morgan fingerprint density at radius 2 is 1.54 bits per heavy atom. The lowest BCUT2D eigenvalue weighted by atomic mass is 10.2. The van der Waals surface area contributed by atoms with Crippen LogP contribution >= 0.6 is 11.6 Å². The summed E-state index contributed by atoms with van der Waals surface area (Å²) in [6.45, 7) is 0.917. The maximum absolute atomic E-state index is 12.9.